The average molecular weight is 370 g/mol. The molecule has 8 heteroatoms. The van der Waals surface area contributed by atoms with Gasteiger partial charge < -0.3 is 9.80 Å². The first-order valence-electron chi connectivity index (χ1n) is 9.49. The number of hydrogen-bond acceptors (Lipinski definition) is 5. The molecular formula is C19H26N6O2. The minimum atomic E-state index is -0.189. The summed E-state index contributed by atoms with van der Waals surface area (Å²) in [4.78, 5) is 38.1. The number of amides is 2. The third-order valence-electron chi connectivity index (χ3n) is 5.07. The van der Waals surface area contributed by atoms with Gasteiger partial charge in [0, 0.05) is 32.0 Å². The third kappa shape index (κ3) is 3.84. The molecule has 1 atom stereocenters. The second kappa shape index (κ2) is 8.28. The third-order valence-corrected chi connectivity index (χ3v) is 5.07. The molecule has 0 saturated carbocycles. The molecule has 1 fully saturated rings. The first kappa shape index (κ1) is 19.0. The lowest BCUT2D eigenvalue weighted by Gasteiger charge is -2.34. The normalized spacial score (nSPS) is 17.0. The molecule has 3 rings (SSSR count). The lowest BCUT2D eigenvalue weighted by molar-refractivity contribution is 0.0592. The second-order valence-electron chi connectivity index (χ2n) is 6.69. The lowest BCUT2D eigenvalue weighted by Crippen LogP contribution is -2.39. The van der Waals surface area contributed by atoms with Crippen LogP contribution in [-0.2, 0) is 0 Å². The summed E-state index contributed by atoms with van der Waals surface area (Å²) < 4.78 is 0. The van der Waals surface area contributed by atoms with E-state index in [1.165, 1.54) is 0 Å². The lowest BCUT2D eigenvalue weighted by atomic mass is 10.0. The zero-order valence-corrected chi connectivity index (χ0v) is 16.1. The van der Waals surface area contributed by atoms with Gasteiger partial charge in [-0.25, -0.2) is 9.97 Å². The molecule has 144 valence electrons. The highest BCUT2D eigenvalue weighted by atomic mass is 16.2. The Bertz CT molecular complexity index is 801. The van der Waals surface area contributed by atoms with Crippen LogP contribution < -0.4 is 0 Å². The van der Waals surface area contributed by atoms with E-state index in [2.05, 4.69) is 20.2 Å². The zero-order valence-electron chi connectivity index (χ0n) is 16.1. The Kier molecular flexibility index (Phi) is 5.83. The summed E-state index contributed by atoms with van der Waals surface area (Å²) in [6.07, 6.45) is 5.95. The van der Waals surface area contributed by atoms with Crippen LogP contribution >= 0.6 is 0 Å². The molecule has 1 saturated heterocycles. The molecule has 2 aromatic heterocycles. The minimum absolute atomic E-state index is 0.0573. The fourth-order valence-corrected chi connectivity index (χ4v) is 3.51. The van der Waals surface area contributed by atoms with Crippen LogP contribution in [0.4, 0.5) is 0 Å². The summed E-state index contributed by atoms with van der Waals surface area (Å²) in [6.45, 7) is 7.67. The Balaban J connectivity index is 1.87. The number of rotatable bonds is 5. The van der Waals surface area contributed by atoms with E-state index in [1.54, 1.807) is 28.3 Å². The van der Waals surface area contributed by atoms with Gasteiger partial charge in [-0.2, -0.15) is 5.10 Å². The average Bonchev–Trinajstić information content (AvgIpc) is 3.23. The predicted octanol–water partition coefficient (Wildman–Crippen LogP) is 2.36. The van der Waals surface area contributed by atoms with Gasteiger partial charge in [-0.1, -0.05) is 0 Å². The molecule has 8 nitrogen and oxygen atoms in total. The molecule has 0 bridgehead atoms. The topological polar surface area (TPSA) is 95.1 Å². The van der Waals surface area contributed by atoms with Crippen LogP contribution in [0.15, 0.2) is 18.5 Å². The number of aromatic nitrogens is 4. The van der Waals surface area contributed by atoms with E-state index in [0.29, 0.717) is 42.4 Å². The van der Waals surface area contributed by atoms with Crippen molar-refractivity contribution in [2.75, 3.05) is 19.6 Å². The molecule has 1 aliphatic heterocycles. The molecule has 1 aliphatic rings. The van der Waals surface area contributed by atoms with Gasteiger partial charge in [0.15, 0.2) is 5.82 Å². The number of aryl methyl sites for hydroxylation is 1. The van der Waals surface area contributed by atoms with Crippen molar-refractivity contribution in [2.45, 2.75) is 46.1 Å². The first-order valence-corrected chi connectivity index (χ1v) is 9.49. The summed E-state index contributed by atoms with van der Waals surface area (Å²) >= 11 is 0. The molecule has 0 unspecified atom stereocenters. The molecule has 2 aromatic rings. The SMILES string of the molecule is CCN(CC)C(=O)c1cnc([C@H]2CCCCN2C(=O)c2ccn[nH]2)nc1C. The number of carbonyl (C=O) groups is 2. The van der Waals surface area contributed by atoms with Crippen LogP contribution in [0.25, 0.3) is 0 Å². The molecule has 2 amide bonds. The van der Waals surface area contributed by atoms with Gasteiger partial charge in [0.1, 0.15) is 5.69 Å². The highest BCUT2D eigenvalue weighted by Crippen LogP contribution is 2.30. The van der Waals surface area contributed by atoms with Crippen LogP contribution in [0.3, 0.4) is 0 Å². The van der Waals surface area contributed by atoms with Crippen molar-refractivity contribution in [3.8, 4) is 0 Å². The molecule has 0 aliphatic carbocycles. The number of likely N-dealkylation sites (tertiary alicyclic amines) is 1. The Morgan fingerprint density at radius 3 is 2.70 bits per heavy atom. The first-order chi connectivity index (χ1) is 13.1. The van der Waals surface area contributed by atoms with Crippen LogP contribution in [-0.4, -0.2) is 61.4 Å². The van der Waals surface area contributed by atoms with E-state index in [0.717, 1.165) is 19.3 Å². The highest BCUT2D eigenvalue weighted by Gasteiger charge is 2.31. The maximum absolute atomic E-state index is 12.8. The molecule has 3 heterocycles. The van der Waals surface area contributed by atoms with Crippen molar-refractivity contribution in [1.82, 2.24) is 30.0 Å². The van der Waals surface area contributed by atoms with Gasteiger partial charge in [0.2, 0.25) is 0 Å². The Morgan fingerprint density at radius 2 is 2.07 bits per heavy atom. The number of H-pyrrole nitrogens is 1. The van der Waals surface area contributed by atoms with E-state index < -0.39 is 0 Å². The Morgan fingerprint density at radius 1 is 1.30 bits per heavy atom. The van der Waals surface area contributed by atoms with Gasteiger partial charge in [-0.05, 0) is 46.1 Å². The van der Waals surface area contributed by atoms with E-state index >= 15 is 0 Å². The standard InChI is InChI=1S/C19H26N6O2/c1-4-24(5-2)18(26)14-12-20-17(22-13(14)3)16-8-6-7-11-25(16)19(27)15-9-10-21-23-15/h9-10,12,16H,4-8,11H2,1-3H3,(H,21,23)/t16-/m1/s1. The van der Waals surface area contributed by atoms with Crippen molar-refractivity contribution in [1.29, 1.82) is 0 Å². The van der Waals surface area contributed by atoms with Crippen molar-refractivity contribution in [3.05, 3.63) is 41.2 Å². The summed E-state index contributed by atoms with van der Waals surface area (Å²) in [5.74, 6) is 0.441. The quantitative estimate of drug-likeness (QED) is 0.872. The molecule has 0 aromatic carbocycles. The molecular weight excluding hydrogens is 344 g/mol. The van der Waals surface area contributed by atoms with Gasteiger partial charge >= 0.3 is 0 Å². The fourth-order valence-electron chi connectivity index (χ4n) is 3.51. The van der Waals surface area contributed by atoms with Crippen molar-refractivity contribution < 1.29 is 9.59 Å². The van der Waals surface area contributed by atoms with Gasteiger partial charge in [-0.15, -0.1) is 0 Å². The largest absolute Gasteiger partial charge is 0.339 e. The van der Waals surface area contributed by atoms with Crippen LogP contribution in [0.5, 0.6) is 0 Å². The summed E-state index contributed by atoms with van der Waals surface area (Å²) in [6, 6.07) is 1.48. The summed E-state index contributed by atoms with van der Waals surface area (Å²) in [7, 11) is 0. The predicted molar refractivity (Wildman–Crippen MR) is 100 cm³/mol. The van der Waals surface area contributed by atoms with Crippen LogP contribution in [0, 0.1) is 6.92 Å². The van der Waals surface area contributed by atoms with E-state index in [-0.39, 0.29) is 17.9 Å². The molecule has 27 heavy (non-hydrogen) atoms. The second-order valence-corrected chi connectivity index (χ2v) is 6.69. The minimum Gasteiger partial charge on any atom is -0.339 e. The molecule has 0 radical (unpaired) electrons. The number of aromatic amines is 1. The van der Waals surface area contributed by atoms with E-state index in [9.17, 15) is 9.59 Å². The monoisotopic (exact) mass is 370 g/mol. The van der Waals surface area contributed by atoms with Gasteiger partial charge in [-0.3, -0.25) is 14.7 Å². The van der Waals surface area contributed by atoms with Crippen molar-refractivity contribution in [3.63, 3.8) is 0 Å². The Labute approximate surface area is 159 Å². The van der Waals surface area contributed by atoms with Crippen molar-refractivity contribution >= 4 is 11.8 Å². The van der Waals surface area contributed by atoms with Crippen molar-refractivity contribution in [2.24, 2.45) is 0 Å². The zero-order chi connectivity index (χ0) is 19.4. The summed E-state index contributed by atoms with van der Waals surface area (Å²) in [5, 5.41) is 6.60. The molecule has 0 spiro atoms. The Hall–Kier alpha value is -2.77. The van der Waals surface area contributed by atoms with Gasteiger partial charge in [0.25, 0.3) is 11.8 Å². The number of piperidine rings is 1. The van der Waals surface area contributed by atoms with E-state index in [4.69, 9.17) is 0 Å². The number of nitrogens with one attached hydrogen (secondary N) is 1. The number of carbonyl (C=O) groups excluding carboxylic acids is 2. The highest BCUT2D eigenvalue weighted by molar-refractivity contribution is 5.95. The maximum atomic E-state index is 12.8. The molecule has 1 N–H and O–H groups in total. The summed E-state index contributed by atoms with van der Waals surface area (Å²) in [5.41, 5.74) is 1.63. The van der Waals surface area contributed by atoms with Gasteiger partial charge in [0.05, 0.1) is 17.3 Å². The van der Waals surface area contributed by atoms with Crippen LogP contribution in [0.1, 0.15) is 71.5 Å². The number of nitrogens with zero attached hydrogens (tertiary/aromatic N) is 5. The fraction of sp³-hybridized carbons (Fsp3) is 0.526. The van der Waals surface area contributed by atoms with E-state index in [1.807, 2.05) is 20.8 Å². The number of hydrogen-bond donors (Lipinski definition) is 1. The van der Waals surface area contributed by atoms with Crippen LogP contribution in [0.2, 0.25) is 0 Å². The maximum Gasteiger partial charge on any atom is 0.272 e. The smallest absolute Gasteiger partial charge is 0.272 e.